The van der Waals surface area contributed by atoms with Crippen molar-refractivity contribution in [1.82, 2.24) is 15.5 Å². The van der Waals surface area contributed by atoms with E-state index in [0.29, 0.717) is 5.96 Å². The minimum atomic E-state index is -0.0147. The summed E-state index contributed by atoms with van der Waals surface area (Å²) in [5.41, 5.74) is 0. The standard InChI is InChI=1S/C13H28N4O2/c1-6-19-9-7-8-14-13(16-11(2)3)15-10-12(18)17(4)5/h11H,6-10H2,1-5H3,(H2,14,15,16). The van der Waals surface area contributed by atoms with Crippen molar-refractivity contribution in [1.29, 1.82) is 0 Å². The van der Waals surface area contributed by atoms with Gasteiger partial charge in [0.25, 0.3) is 0 Å². The van der Waals surface area contributed by atoms with Gasteiger partial charge in [-0.25, -0.2) is 4.99 Å². The van der Waals surface area contributed by atoms with Gasteiger partial charge in [0, 0.05) is 39.9 Å². The van der Waals surface area contributed by atoms with Gasteiger partial charge in [0.1, 0.15) is 6.54 Å². The van der Waals surface area contributed by atoms with Crippen LogP contribution in [0.1, 0.15) is 27.2 Å². The van der Waals surface area contributed by atoms with Crippen LogP contribution in [-0.2, 0) is 9.53 Å². The van der Waals surface area contributed by atoms with Crippen molar-refractivity contribution in [3.63, 3.8) is 0 Å². The highest BCUT2D eigenvalue weighted by Crippen LogP contribution is 1.85. The summed E-state index contributed by atoms with van der Waals surface area (Å²) in [7, 11) is 3.45. The lowest BCUT2D eigenvalue weighted by Gasteiger charge is -2.15. The summed E-state index contributed by atoms with van der Waals surface area (Å²) in [5, 5.41) is 6.38. The molecule has 19 heavy (non-hydrogen) atoms. The fraction of sp³-hybridized carbons (Fsp3) is 0.846. The van der Waals surface area contributed by atoms with Crippen LogP contribution in [-0.4, -0.2) is 63.2 Å². The second-order valence-corrected chi connectivity index (χ2v) is 4.73. The minimum absolute atomic E-state index is 0.0147. The largest absolute Gasteiger partial charge is 0.382 e. The molecule has 6 nitrogen and oxygen atoms in total. The quantitative estimate of drug-likeness (QED) is 0.382. The highest BCUT2D eigenvalue weighted by Gasteiger charge is 2.05. The molecule has 0 heterocycles. The molecule has 0 aromatic carbocycles. The van der Waals surface area contributed by atoms with Crippen LogP contribution in [0.2, 0.25) is 0 Å². The summed E-state index contributed by atoms with van der Waals surface area (Å²) in [6, 6.07) is 0.271. The van der Waals surface area contributed by atoms with E-state index in [0.717, 1.165) is 26.2 Å². The molecule has 0 bridgehead atoms. The first-order valence-electron chi connectivity index (χ1n) is 6.80. The molecule has 0 fully saturated rings. The van der Waals surface area contributed by atoms with Crippen LogP contribution >= 0.6 is 0 Å². The Morgan fingerprint density at radius 3 is 2.58 bits per heavy atom. The Morgan fingerprint density at radius 2 is 2.05 bits per heavy atom. The van der Waals surface area contributed by atoms with Gasteiger partial charge in [-0.2, -0.15) is 0 Å². The minimum Gasteiger partial charge on any atom is -0.382 e. The van der Waals surface area contributed by atoms with Crippen molar-refractivity contribution in [2.24, 2.45) is 4.99 Å². The van der Waals surface area contributed by atoms with Crippen molar-refractivity contribution in [3.05, 3.63) is 0 Å². The maximum atomic E-state index is 11.5. The monoisotopic (exact) mass is 272 g/mol. The normalized spacial score (nSPS) is 11.6. The van der Waals surface area contributed by atoms with E-state index in [2.05, 4.69) is 15.6 Å². The zero-order valence-corrected chi connectivity index (χ0v) is 12.8. The van der Waals surface area contributed by atoms with Crippen LogP contribution in [0.25, 0.3) is 0 Å². The molecule has 0 spiro atoms. The average molecular weight is 272 g/mol. The number of hydrogen-bond donors (Lipinski definition) is 2. The zero-order valence-electron chi connectivity index (χ0n) is 12.8. The predicted molar refractivity (Wildman–Crippen MR) is 78.4 cm³/mol. The van der Waals surface area contributed by atoms with E-state index < -0.39 is 0 Å². The van der Waals surface area contributed by atoms with E-state index >= 15 is 0 Å². The molecule has 0 aromatic rings. The van der Waals surface area contributed by atoms with Gasteiger partial charge in [-0.15, -0.1) is 0 Å². The van der Waals surface area contributed by atoms with E-state index in [1.807, 2.05) is 20.8 Å². The van der Waals surface area contributed by atoms with Crippen molar-refractivity contribution in [2.75, 3.05) is 40.4 Å². The van der Waals surface area contributed by atoms with Gasteiger partial charge in [-0.1, -0.05) is 0 Å². The zero-order chi connectivity index (χ0) is 14.7. The highest BCUT2D eigenvalue weighted by molar-refractivity contribution is 5.84. The first-order valence-corrected chi connectivity index (χ1v) is 6.80. The molecule has 0 unspecified atom stereocenters. The molecule has 0 aliphatic heterocycles. The maximum absolute atomic E-state index is 11.5. The lowest BCUT2D eigenvalue weighted by Crippen LogP contribution is -2.42. The Kier molecular flexibility index (Phi) is 9.88. The summed E-state index contributed by atoms with van der Waals surface area (Å²) in [5.74, 6) is 0.654. The first kappa shape index (κ1) is 17.7. The van der Waals surface area contributed by atoms with Crippen LogP contribution in [0.3, 0.4) is 0 Å². The van der Waals surface area contributed by atoms with Crippen LogP contribution in [0.4, 0.5) is 0 Å². The fourth-order valence-corrected chi connectivity index (χ4v) is 1.24. The molecule has 0 radical (unpaired) electrons. The van der Waals surface area contributed by atoms with Crippen LogP contribution in [0.15, 0.2) is 4.99 Å². The number of guanidine groups is 1. The van der Waals surface area contributed by atoms with Gasteiger partial charge in [0.2, 0.25) is 5.91 Å². The molecule has 0 aliphatic carbocycles. The van der Waals surface area contributed by atoms with Gasteiger partial charge in [-0.3, -0.25) is 4.79 Å². The van der Waals surface area contributed by atoms with Crippen LogP contribution in [0.5, 0.6) is 0 Å². The number of rotatable bonds is 8. The van der Waals surface area contributed by atoms with Gasteiger partial charge < -0.3 is 20.3 Å². The molecule has 0 saturated heterocycles. The fourth-order valence-electron chi connectivity index (χ4n) is 1.24. The average Bonchev–Trinajstić information content (AvgIpc) is 2.34. The summed E-state index contributed by atoms with van der Waals surface area (Å²) in [4.78, 5) is 17.3. The third-order valence-electron chi connectivity index (χ3n) is 2.26. The molecular formula is C13H28N4O2. The van der Waals surface area contributed by atoms with Crippen LogP contribution < -0.4 is 10.6 Å². The number of carbonyl (C=O) groups excluding carboxylic acids is 1. The van der Waals surface area contributed by atoms with Crippen molar-refractivity contribution in [3.8, 4) is 0 Å². The number of nitrogens with one attached hydrogen (secondary N) is 2. The number of ether oxygens (including phenoxy) is 1. The lowest BCUT2D eigenvalue weighted by molar-refractivity contribution is -0.127. The number of nitrogens with zero attached hydrogens (tertiary/aromatic N) is 2. The molecular weight excluding hydrogens is 244 g/mol. The van der Waals surface area contributed by atoms with E-state index in [1.54, 1.807) is 14.1 Å². The summed E-state index contributed by atoms with van der Waals surface area (Å²) < 4.78 is 5.26. The van der Waals surface area contributed by atoms with Gasteiger partial charge in [-0.05, 0) is 27.2 Å². The van der Waals surface area contributed by atoms with Crippen molar-refractivity contribution >= 4 is 11.9 Å². The Morgan fingerprint density at radius 1 is 1.37 bits per heavy atom. The smallest absolute Gasteiger partial charge is 0.243 e. The molecule has 6 heteroatoms. The summed E-state index contributed by atoms with van der Waals surface area (Å²) in [6.45, 7) is 8.44. The molecule has 0 aromatic heterocycles. The number of hydrogen-bond acceptors (Lipinski definition) is 3. The van der Waals surface area contributed by atoms with Gasteiger partial charge in [0.15, 0.2) is 5.96 Å². The number of amides is 1. The molecule has 0 saturated carbocycles. The summed E-state index contributed by atoms with van der Waals surface area (Å²) in [6.07, 6.45) is 0.911. The molecule has 112 valence electrons. The van der Waals surface area contributed by atoms with E-state index in [-0.39, 0.29) is 18.5 Å². The van der Waals surface area contributed by atoms with E-state index in [4.69, 9.17) is 4.74 Å². The second kappa shape index (κ2) is 10.6. The van der Waals surface area contributed by atoms with Crippen molar-refractivity contribution < 1.29 is 9.53 Å². The molecule has 1 amide bonds. The Hall–Kier alpha value is -1.30. The Balaban J connectivity index is 4.14. The molecule has 0 rings (SSSR count). The topological polar surface area (TPSA) is 66.0 Å². The maximum Gasteiger partial charge on any atom is 0.243 e. The first-order chi connectivity index (χ1) is 8.97. The van der Waals surface area contributed by atoms with Crippen molar-refractivity contribution in [2.45, 2.75) is 33.2 Å². The molecule has 2 N–H and O–H groups in total. The van der Waals surface area contributed by atoms with Gasteiger partial charge >= 0.3 is 0 Å². The second-order valence-electron chi connectivity index (χ2n) is 4.73. The van der Waals surface area contributed by atoms with E-state index in [1.165, 1.54) is 4.90 Å². The molecule has 0 aliphatic rings. The highest BCUT2D eigenvalue weighted by atomic mass is 16.5. The number of aliphatic imine (C=N–C) groups is 1. The number of carbonyl (C=O) groups is 1. The third kappa shape index (κ3) is 10.3. The Labute approximate surface area is 116 Å². The third-order valence-corrected chi connectivity index (χ3v) is 2.26. The number of likely N-dealkylation sites (N-methyl/N-ethyl adjacent to an activating group) is 1. The van der Waals surface area contributed by atoms with Crippen LogP contribution in [0, 0.1) is 0 Å². The Bertz CT molecular complexity index is 278. The van der Waals surface area contributed by atoms with E-state index in [9.17, 15) is 4.79 Å². The lowest BCUT2D eigenvalue weighted by atomic mass is 10.4. The SMILES string of the molecule is CCOCCCNC(=NCC(=O)N(C)C)NC(C)C. The van der Waals surface area contributed by atoms with Gasteiger partial charge in [0.05, 0.1) is 0 Å². The molecule has 0 atom stereocenters. The predicted octanol–water partition coefficient (Wildman–Crippen LogP) is 0.445. The summed E-state index contributed by atoms with van der Waals surface area (Å²) >= 11 is 0.